The number of carbonyl (C=O) groups excluding carboxylic acids is 1. The van der Waals surface area contributed by atoms with Crippen molar-refractivity contribution in [3.8, 4) is 17.3 Å². The minimum Gasteiger partial charge on any atom is -0.296 e. The third-order valence-electron chi connectivity index (χ3n) is 3.73. The number of benzene rings is 1. The summed E-state index contributed by atoms with van der Waals surface area (Å²) in [6.45, 7) is 3.71. The van der Waals surface area contributed by atoms with Crippen LogP contribution in [0.1, 0.15) is 27.3 Å². The topological polar surface area (TPSA) is 58.2 Å². The van der Waals surface area contributed by atoms with Gasteiger partial charge in [-0.15, -0.1) is 0 Å². The Labute approximate surface area is 132 Å². The van der Waals surface area contributed by atoms with Crippen molar-refractivity contribution in [2.24, 2.45) is 0 Å². The Balaban J connectivity index is 2.36. The van der Waals surface area contributed by atoms with E-state index in [-0.39, 0.29) is 0 Å². The maximum absolute atomic E-state index is 11.6. The van der Waals surface area contributed by atoms with Gasteiger partial charge in [0.2, 0.25) is 0 Å². The second kappa shape index (κ2) is 5.28. The first kappa shape index (κ1) is 14.3. The number of aromatic nitrogens is 2. The van der Waals surface area contributed by atoms with Gasteiger partial charge < -0.3 is 0 Å². The van der Waals surface area contributed by atoms with Crippen LogP contribution >= 0.6 is 11.6 Å². The number of imidazole rings is 1. The molecule has 3 aromatic rings. The van der Waals surface area contributed by atoms with Crippen LogP contribution in [0.25, 0.3) is 16.9 Å². The monoisotopic (exact) mass is 309 g/mol. The molecule has 0 N–H and O–H groups in total. The molecular weight excluding hydrogens is 298 g/mol. The molecule has 1 aromatic carbocycles. The summed E-state index contributed by atoms with van der Waals surface area (Å²) in [7, 11) is 0. The van der Waals surface area contributed by atoms with Crippen LogP contribution in [-0.2, 0) is 0 Å². The van der Waals surface area contributed by atoms with E-state index in [1.807, 2.05) is 19.1 Å². The Morgan fingerprint density at radius 1 is 1.27 bits per heavy atom. The van der Waals surface area contributed by atoms with Crippen molar-refractivity contribution in [2.45, 2.75) is 13.8 Å². The number of hydrogen-bond acceptors (Lipinski definition) is 3. The molecule has 0 bridgehead atoms. The first-order valence-electron chi connectivity index (χ1n) is 6.70. The van der Waals surface area contributed by atoms with Crippen molar-refractivity contribution in [3.05, 3.63) is 57.9 Å². The van der Waals surface area contributed by atoms with Gasteiger partial charge >= 0.3 is 0 Å². The summed E-state index contributed by atoms with van der Waals surface area (Å²) in [5.41, 5.74) is 4.63. The third-order valence-corrected chi connectivity index (χ3v) is 4.15. The van der Waals surface area contributed by atoms with Gasteiger partial charge in [0.15, 0.2) is 6.29 Å². The molecule has 0 fully saturated rings. The SMILES string of the molecule is Cc1cc(-c2nc3ccc(C#N)c(C)n3c2C=O)ccc1Cl. The van der Waals surface area contributed by atoms with Crippen LogP contribution in [0.5, 0.6) is 0 Å². The van der Waals surface area contributed by atoms with Gasteiger partial charge in [-0.25, -0.2) is 4.98 Å². The van der Waals surface area contributed by atoms with Gasteiger partial charge in [-0.3, -0.25) is 9.20 Å². The molecule has 0 spiro atoms. The zero-order chi connectivity index (χ0) is 15.9. The predicted molar refractivity (Wildman–Crippen MR) is 85.2 cm³/mol. The molecule has 2 aromatic heterocycles. The highest BCUT2D eigenvalue weighted by Crippen LogP contribution is 2.28. The molecule has 0 radical (unpaired) electrons. The van der Waals surface area contributed by atoms with Crippen LogP contribution in [0.3, 0.4) is 0 Å². The summed E-state index contributed by atoms with van der Waals surface area (Å²) in [6.07, 6.45) is 0.771. The number of pyridine rings is 1. The van der Waals surface area contributed by atoms with Crippen molar-refractivity contribution in [3.63, 3.8) is 0 Å². The Morgan fingerprint density at radius 2 is 2.05 bits per heavy atom. The maximum atomic E-state index is 11.6. The molecule has 22 heavy (non-hydrogen) atoms. The van der Waals surface area contributed by atoms with E-state index < -0.39 is 0 Å². The summed E-state index contributed by atoms with van der Waals surface area (Å²) >= 11 is 6.05. The van der Waals surface area contributed by atoms with Crippen LogP contribution in [-0.4, -0.2) is 15.7 Å². The van der Waals surface area contributed by atoms with E-state index in [1.165, 1.54) is 0 Å². The van der Waals surface area contributed by atoms with E-state index in [4.69, 9.17) is 16.9 Å². The van der Waals surface area contributed by atoms with Crippen molar-refractivity contribution >= 4 is 23.5 Å². The molecule has 5 heteroatoms. The van der Waals surface area contributed by atoms with Crippen LogP contribution < -0.4 is 0 Å². The molecule has 0 unspecified atom stereocenters. The zero-order valence-electron chi connectivity index (χ0n) is 12.1. The molecule has 4 nitrogen and oxygen atoms in total. The maximum Gasteiger partial charge on any atom is 0.169 e. The minimum absolute atomic E-state index is 0.436. The van der Waals surface area contributed by atoms with E-state index in [2.05, 4.69) is 11.1 Å². The first-order chi connectivity index (χ1) is 10.6. The fraction of sp³-hybridized carbons (Fsp3) is 0.118. The Bertz CT molecular complexity index is 951. The lowest BCUT2D eigenvalue weighted by Gasteiger charge is -2.04. The Morgan fingerprint density at radius 3 is 2.68 bits per heavy atom. The molecule has 0 aliphatic heterocycles. The summed E-state index contributed by atoms with van der Waals surface area (Å²) < 4.78 is 1.71. The van der Waals surface area contributed by atoms with Crippen molar-refractivity contribution < 1.29 is 4.79 Å². The summed E-state index contributed by atoms with van der Waals surface area (Å²) in [4.78, 5) is 16.1. The number of nitriles is 1. The highest BCUT2D eigenvalue weighted by molar-refractivity contribution is 6.31. The van der Waals surface area contributed by atoms with Crippen molar-refractivity contribution in [1.29, 1.82) is 5.26 Å². The molecule has 0 aliphatic carbocycles. The fourth-order valence-electron chi connectivity index (χ4n) is 2.55. The highest BCUT2D eigenvalue weighted by atomic mass is 35.5. The second-order valence-corrected chi connectivity index (χ2v) is 5.47. The van der Waals surface area contributed by atoms with E-state index in [1.54, 1.807) is 29.5 Å². The molecule has 0 amide bonds. The van der Waals surface area contributed by atoms with Gasteiger partial charge in [0.25, 0.3) is 0 Å². The lowest BCUT2D eigenvalue weighted by Crippen LogP contribution is -1.99. The summed E-state index contributed by atoms with van der Waals surface area (Å²) in [6, 6.07) is 11.1. The van der Waals surface area contributed by atoms with Crippen LogP contribution in [0.2, 0.25) is 5.02 Å². The molecule has 108 valence electrons. The van der Waals surface area contributed by atoms with E-state index in [0.717, 1.165) is 17.4 Å². The number of halogens is 1. The minimum atomic E-state index is 0.436. The van der Waals surface area contributed by atoms with Gasteiger partial charge in [0, 0.05) is 16.3 Å². The Hall–Kier alpha value is -2.64. The van der Waals surface area contributed by atoms with Gasteiger partial charge in [-0.1, -0.05) is 17.7 Å². The third kappa shape index (κ3) is 2.07. The number of aryl methyl sites for hydroxylation is 2. The first-order valence-corrected chi connectivity index (χ1v) is 7.08. The van der Waals surface area contributed by atoms with E-state index in [9.17, 15) is 4.79 Å². The molecule has 2 heterocycles. The quantitative estimate of drug-likeness (QED) is 0.673. The normalized spacial score (nSPS) is 10.6. The van der Waals surface area contributed by atoms with Crippen LogP contribution in [0.15, 0.2) is 30.3 Å². The average molecular weight is 310 g/mol. The molecule has 3 rings (SSSR count). The number of carbonyl (C=O) groups is 1. The second-order valence-electron chi connectivity index (χ2n) is 5.07. The number of nitrogens with zero attached hydrogens (tertiary/aromatic N) is 3. The highest BCUT2D eigenvalue weighted by Gasteiger charge is 2.16. The van der Waals surface area contributed by atoms with Gasteiger partial charge in [-0.05, 0) is 43.7 Å². The van der Waals surface area contributed by atoms with Crippen molar-refractivity contribution in [2.75, 3.05) is 0 Å². The largest absolute Gasteiger partial charge is 0.296 e. The summed E-state index contributed by atoms with van der Waals surface area (Å²) in [5, 5.41) is 9.82. The molecule has 0 atom stereocenters. The van der Waals surface area contributed by atoms with Gasteiger partial charge in [0.05, 0.1) is 5.56 Å². The van der Waals surface area contributed by atoms with Crippen LogP contribution in [0, 0.1) is 25.2 Å². The molecule has 0 aliphatic rings. The molecule has 0 saturated heterocycles. The van der Waals surface area contributed by atoms with Gasteiger partial charge in [0.1, 0.15) is 23.1 Å². The lowest BCUT2D eigenvalue weighted by molar-refractivity contribution is 0.111. The standard InChI is InChI=1S/C17H12ClN3O/c1-10-7-12(3-5-14(10)18)17-15(9-22)21-11(2)13(8-19)4-6-16(21)20-17/h3-7,9H,1-2H3. The predicted octanol–water partition coefficient (Wildman–Crippen LogP) is 3.96. The molecular formula is C17H12ClN3O. The summed E-state index contributed by atoms with van der Waals surface area (Å²) in [5.74, 6) is 0. The number of hydrogen-bond donors (Lipinski definition) is 0. The number of fused-ring (bicyclic) bond motifs is 1. The molecule has 0 saturated carbocycles. The fourth-order valence-corrected chi connectivity index (χ4v) is 2.66. The Kier molecular flexibility index (Phi) is 3.44. The van der Waals surface area contributed by atoms with Crippen molar-refractivity contribution in [1.82, 2.24) is 9.38 Å². The van der Waals surface area contributed by atoms with Crippen LogP contribution in [0.4, 0.5) is 0 Å². The number of rotatable bonds is 2. The number of aldehydes is 1. The lowest BCUT2D eigenvalue weighted by atomic mass is 10.1. The zero-order valence-corrected chi connectivity index (χ0v) is 12.8. The van der Waals surface area contributed by atoms with Gasteiger partial charge in [-0.2, -0.15) is 5.26 Å². The smallest absolute Gasteiger partial charge is 0.169 e. The van der Waals surface area contributed by atoms with E-state index >= 15 is 0 Å². The van der Waals surface area contributed by atoms with E-state index in [0.29, 0.717) is 33.3 Å². The average Bonchev–Trinajstić information content (AvgIpc) is 2.90.